The zero-order chi connectivity index (χ0) is 19.1. The number of aliphatic carboxylic acids is 1. The van der Waals surface area contributed by atoms with Crippen LogP contribution in [0, 0.1) is 0 Å². The lowest BCUT2D eigenvalue weighted by atomic mass is 10.1. The van der Waals surface area contributed by atoms with Crippen LogP contribution in [-0.4, -0.2) is 22.3 Å². The van der Waals surface area contributed by atoms with Crippen LogP contribution in [0.1, 0.15) is 28.8 Å². The van der Waals surface area contributed by atoms with Crippen molar-refractivity contribution in [1.29, 1.82) is 0 Å². The molecule has 0 spiro atoms. The van der Waals surface area contributed by atoms with Gasteiger partial charge in [0.2, 0.25) is 0 Å². The first-order chi connectivity index (χ1) is 13.2. The highest BCUT2D eigenvalue weighted by atomic mass is 16.4. The largest absolute Gasteiger partial charge is 0.481 e. The Balaban J connectivity index is 0.000000159. The predicted octanol–water partition coefficient (Wildman–Crippen LogP) is 5.23. The Hall–Kier alpha value is -3.40. The standard InChI is InChI=1S/C12H13NO2.C11H8O/c14-12(15)7-3-4-9-8-13-11-6-2-1-5-10(9)11;12-8-10-6-3-5-9-4-1-2-7-11(9)10/h1-2,5-6,8,13H,3-4,7H2,(H,14,15);1-8H. The lowest BCUT2D eigenvalue weighted by Gasteiger charge is -1.98. The molecule has 0 atom stereocenters. The summed E-state index contributed by atoms with van der Waals surface area (Å²) in [7, 11) is 0. The number of hydrogen-bond donors (Lipinski definition) is 2. The van der Waals surface area contributed by atoms with Crippen LogP contribution in [0.3, 0.4) is 0 Å². The smallest absolute Gasteiger partial charge is 0.303 e. The number of carbonyl (C=O) groups excluding carboxylic acids is 1. The molecule has 0 saturated carbocycles. The van der Waals surface area contributed by atoms with Gasteiger partial charge in [0.15, 0.2) is 6.29 Å². The molecule has 3 aromatic carbocycles. The Morgan fingerprint density at radius 3 is 2.41 bits per heavy atom. The third-order valence-electron chi connectivity index (χ3n) is 4.46. The molecule has 1 heterocycles. The first-order valence-corrected chi connectivity index (χ1v) is 8.89. The normalized spacial score (nSPS) is 10.4. The van der Waals surface area contributed by atoms with Gasteiger partial charge in [-0.2, -0.15) is 0 Å². The van der Waals surface area contributed by atoms with Crippen molar-refractivity contribution in [3.8, 4) is 0 Å². The number of nitrogens with one attached hydrogen (secondary N) is 1. The van der Waals surface area contributed by atoms with E-state index in [9.17, 15) is 9.59 Å². The minimum absolute atomic E-state index is 0.236. The Morgan fingerprint density at radius 2 is 1.63 bits per heavy atom. The van der Waals surface area contributed by atoms with Crippen LogP contribution in [0.15, 0.2) is 72.9 Å². The monoisotopic (exact) mass is 359 g/mol. The Kier molecular flexibility index (Phi) is 6.00. The van der Waals surface area contributed by atoms with Crippen molar-refractivity contribution >= 4 is 33.9 Å². The molecule has 0 saturated heterocycles. The maximum atomic E-state index is 10.6. The van der Waals surface area contributed by atoms with E-state index in [1.807, 2.05) is 66.9 Å². The highest BCUT2D eigenvalue weighted by Crippen LogP contribution is 2.19. The van der Waals surface area contributed by atoms with E-state index in [4.69, 9.17) is 5.11 Å². The Labute approximate surface area is 157 Å². The highest BCUT2D eigenvalue weighted by molar-refractivity contribution is 5.97. The van der Waals surface area contributed by atoms with E-state index < -0.39 is 5.97 Å². The van der Waals surface area contributed by atoms with E-state index in [1.165, 1.54) is 10.9 Å². The first kappa shape index (κ1) is 18.4. The summed E-state index contributed by atoms with van der Waals surface area (Å²) in [5.41, 5.74) is 3.07. The minimum Gasteiger partial charge on any atom is -0.481 e. The van der Waals surface area contributed by atoms with Gasteiger partial charge in [0.25, 0.3) is 0 Å². The van der Waals surface area contributed by atoms with Crippen molar-refractivity contribution in [2.24, 2.45) is 0 Å². The molecule has 0 aliphatic carbocycles. The van der Waals surface area contributed by atoms with Crippen LogP contribution in [0.4, 0.5) is 0 Å². The van der Waals surface area contributed by atoms with Crippen molar-refractivity contribution in [3.05, 3.63) is 84.1 Å². The molecular formula is C23H21NO3. The van der Waals surface area contributed by atoms with Crippen LogP contribution < -0.4 is 0 Å². The lowest BCUT2D eigenvalue weighted by Crippen LogP contribution is -1.95. The van der Waals surface area contributed by atoms with E-state index in [0.29, 0.717) is 6.42 Å². The summed E-state index contributed by atoms with van der Waals surface area (Å²) in [4.78, 5) is 24.2. The maximum absolute atomic E-state index is 10.6. The number of para-hydroxylation sites is 1. The molecule has 0 amide bonds. The van der Waals surface area contributed by atoms with E-state index >= 15 is 0 Å². The second-order valence-electron chi connectivity index (χ2n) is 6.29. The summed E-state index contributed by atoms with van der Waals surface area (Å²) < 4.78 is 0. The molecule has 4 heteroatoms. The van der Waals surface area contributed by atoms with Gasteiger partial charge in [-0.3, -0.25) is 9.59 Å². The van der Waals surface area contributed by atoms with Gasteiger partial charge in [0.05, 0.1) is 0 Å². The summed E-state index contributed by atoms with van der Waals surface area (Å²) >= 11 is 0. The number of aromatic amines is 1. The third kappa shape index (κ3) is 4.61. The van der Waals surface area contributed by atoms with Crippen molar-refractivity contribution < 1.29 is 14.7 Å². The first-order valence-electron chi connectivity index (χ1n) is 8.89. The number of hydrogen-bond acceptors (Lipinski definition) is 2. The molecule has 27 heavy (non-hydrogen) atoms. The Morgan fingerprint density at radius 1 is 0.926 bits per heavy atom. The number of benzene rings is 3. The van der Waals surface area contributed by atoms with Crippen LogP contribution in [0.2, 0.25) is 0 Å². The van der Waals surface area contributed by atoms with Gasteiger partial charge >= 0.3 is 5.97 Å². The van der Waals surface area contributed by atoms with Crippen molar-refractivity contribution in [2.75, 3.05) is 0 Å². The van der Waals surface area contributed by atoms with Crippen molar-refractivity contribution in [1.82, 2.24) is 4.98 Å². The van der Waals surface area contributed by atoms with Gasteiger partial charge in [0, 0.05) is 29.1 Å². The SMILES string of the molecule is O=C(O)CCCc1c[nH]c2ccccc12.O=Cc1cccc2ccccc12. The molecule has 0 unspecified atom stereocenters. The zero-order valence-corrected chi connectivity index (χ0v) is 14.9. The van der Waals surface area contributed by atoms with E-state index in [-0.39, 0.29) is 6.42 Å². The minimum atomic E-state index is -0.727. The zero-order valence-electron chi connectivity index (χ0n) is 14.9. The molecule has 1 aromatic heterocycles. The second kappa shape index (κ2) is 8.81. The van der Waals surface area contributed by atoms with E-state index in [1.54, 1.807) is 0 Å². The van der Waals surface area contributed by atoms with Gasteiger partial charge < -0.3 is 10.1 Å². The molecular weight excluding hydrogens is 338 g/mol. The molecule has 4 nitrogen and oxygen atoms in total. The second-order valence-corrected chi connectivity index (χ2v) is 6.29. The van der Waals surface area contributed by atoms with Crippen LogP contribution in [0.5, 0.6) is 0 Å². The number of aromatic nitrogens is 1. The van der Waals surface area contributed by atoms with Gasteiger partial charge in [0.1, 0.15) is 0 Å². The van der Waals surface area contributed by atoms with Crippen LogP contribution in [-0.2, 0) is 11.2 Å². The molecule has 0 bridgehead atoms. The van der Waals surface area contributed by atoms with Crippen LogP contribution >= 0.6 is 0 Å². The quantitative estimate of drug-likeness (QED) is 0.480. The fourth-order valence-corrected chi connectivity index (χ4v) is 3.12. The molecule has 0 fully saturated rings. The molecule has 0 radical (unpaired) electrons. The third-order valence-corrected chi connectivity index (χ3v) is 4.46. The summed E-state index contributed by atoms with van der Waals surface area (Å²) in [5, 5.41) is 11.9. The fraction of sp³-hybridized carbons (Fsp3) is 0.130. The highest BCUT2D eigenvalue weighted by Gasteiger charge is 2.03. The summed E-state index contributed by atoms with van der Waals surface area (Å²) in [6, 6.07) is 21.7. The number of carboxylic acid groups (broad SMARTS) is 1. The van der Waals surface area contributed by atoms with Gasteiger partial charge in [-0.1, -0.05) is 60.7 Å². The van der Waals surface area contributed by atoms with Crippen molar-refractivity contribution in [3.63, 3.8) is 0 Å². The lowest BCUT2D eigenvalue weighted by molar-refractivity contribution is -0.137. The average molecular weight is 359 g/mol. The number of fused-ring (bicyclic) bond motifs is 2. The molecule has 0 aliphatic rings. The van der Waals surface area contributed by atoms with Gasteiger partial charge in [-0.15, -0.1) is 0 Å². The van der Waals surface area contributed by atoms with Gasteiger partial charge in [-0.05, 0) is 35.2 Å². The number of aldehydes is 1. The van der Waals surface area contributed by atoms with Gasteiger partial charge in [-0.25, -0.2) is 0 Å². The fourth-order valence-electron chi connectivity index (χ4n) is 3.12. The molecule has 2 N–H and O–H groups in total. The average Bonchev–Trinajstić information content (AvgIpc) is 3.11. The number of carboxylic acids is 1. The van der Waals surface area contributed by atoms with E-state index in [2.05, 4.69) is 11.1 Å². The Bertz CT molecular complexity index is 1060. The van der Waals surface area contributed by atoms with Crippen LogP contribution in [0.25, 0.3) is 21.7 Å². The summed E-state index contributed by atoms with van der Waals surface area (Å²) in [5.74, 6) is -0.727. The molecule has 136 valence electrons. The number of rotatable bonds is 5. The molecule has 4 aromatic rings. The number of aryl methyl sites for hydroxylation is 1. The summed E-state index contributed by atoms with van der Waals surface area (Å²) in [6.07, 6.45) is 4.60. The topological polar surface area (TPSA) is 70.2 Å². The molecule has 4 rings (SSSR count). The van der Waals surface area contributed by atoms with E-state index in [0.717, 1.165) is 34.6 Å². The summed E-state index contributed by atoms with van der Waals surface area (Å²) in [6.45, 7) is 0. The number of carbonyl (C=O) groups is 2. The number of H-pyrrole nitrogens is 1. The predicted molar refractivity (Wildman–Crippen MR) is 108 cm³/mol. The maximum Gasteiger partial charge on any atom is 0.303 e. The van der Waals surface area contributed by atoms with Crippen molar-refractivity contribution in [2.45, 2.75) is 19.3 Å². The molecule has 0 aliphatic heterocycles.